The van der Waals surface area contributed by atoms with Crippen LogP contribution in [-0.4, -0.2) is 42.4 Å². The first-order valence-corrected chi connectivity index (χ1v) is 9.98. The van der Waals surface area contributed by atoms with Crippen molar-refractivity contribution in [1.82, 2.24) is 10.2 Å². The van der Waals surface area contributed by atoms with Crippen LogP contribution in [0.4, 0.5) is 0 Å². The third-order valence-electron chi connectivity index (χ3n) is 4.80. The Labute approximate surface area is 160 Å². The highest BCUT2D eigenvalue weighted by Gasteiger charge is 2.31. The largest absolute Gasteiger partial charge is 0.354 e. The van der Waals surface area contributed by atoms with Crippen LogP contribution in [0.25, 0.3) is 0 Å². The van der Waals surface area contributed by atoms with Gasteiger partial charge in [-0.3, -0.25) is 9.59 Å². The standard InChI is InChI=1S/C19H37N3O2.H2S/c1-2-3-4-5-7-13-18(23)22-16-11-8-12-17(22)19(24)21-15-10-6-9-14-20;/h17H,2-16,20H2,1H3,(H,21,24);1H2. The Bertz CT molecular complexity index is 333. The molecular weight excluding hydrogens is 334 g/mol. The van der Waals surface area contributed by atoms with E-state index in [0.29, 0.717) is 19.5 Å². The number of carbonyl (C=O) groups is 2. The number of rotatable bonds is 12. The van der Waals surface area contributed by atoms with Gasteiger partial charge in [-0.1, -0.05) is 39.0 Å². The highest BCUT2D eigenvalue weighted by molar-refractivity contribution is 7.59. The van der Waals surface area contributed by atoms with Gasteiger partial charge in [-0.2, -0.15) is 13.5 Å². The summed E-state index contributed by atoms with van der Waals surface area (Å²) in [5.41, 5.74) is 5.47. The molecule has 0 aromatic heterocycles. The molecule has 5 nitrogen and oxygen atoms in total. The fourth-order valence-electron chi connectivity index (χ4n) is 3.30. The molecule has 1 aliphatic rings. The van der Waals surface area contributed by atoms with Gasteiger partial charge in [0.15, 0.2) is 0 Å². The van der Waals surface area contributed by atoms with Crippen LogP contribution in [0.2, 0.25) is 0 Å². The summed E-state index contributed by atoms with van der Waals surface area (Å²) >= 11 is 0. The lowest BCUT2D eigenvalue weighted by molar-refractivity contribution is -0.142. The molecule has 6 heteroatoms. The van der Waals surface area contributed by atoms with E-state index in [0.717, 1.165) is 57.9 Å². The second-order valence-electron chi connectivity index (χ2n) is 6.90. The third-order valence-corrected chi connectivity index (χ3v) is 4.80. The first kappa shape index (κ1) is 24.2. The van der Waals surface area contributed by atoms with E-state index >= 15 is 0 Å². The third kappa shape index (κ3) is 10.1. The summed E-state index contributed by atoms with van der Waals surface area (Å²) in [6, 6.07) is -0.253. The number of nitrogens with zero attached hydrogens (tertiary/aromatic N) is 1. The van der Waals surface area contributed by atoms with Gasteiger partial charge in [-0.05, 0) is 45.1 Å². The minimum Gasteiger partial charge on any atom is -0.354 e. The summed E-state index contributed by atoms with van der Waals surface area (Å²) in [5, 5.41) is 3.01. The van der Waals surface area contributed by atoms with E-state index in [1.54, 1.807) is 0 Å². The molecule has 0 aromatic rings. The van der Waals surface area contributed by atoms with Crippen molar-refractivity contribution in [2.75, 3.05) is 19.6 Å². The molecule has 1 heterocycles. The zero-order valence-electron chi connectivity index (χ0n) is 16.0. The summed E-state index contributed by atoms with van der Waals surface area (Å²) < 4.78 is 0. The van der Waals surface area contributed by atoms with Crippen LogP contribution in [0.3, 0.4) is 0 Å². The number of hydrogen-bond donors (Lipinski definition) is 2. The topological polar surface area (TPSA) is 75.4 Å². The van der Waals surface area contributed by atoms with Crippen LogP contribution >= 0.6 is 13.5 Å². The van der Waals surface area contributed by atoms with Gasteiger partial charge in [-0.15, -0.1) is 0 Å². The van der Waals surface area contributed by atoms with E-state index < -0.39 is 0 Å². The van der Waals surface area contributed by atoms with E-state index in [4.69, 9.17) is 5.73 Å². The van der Waals surface area contributed by atoms with Crippen molar-refractivity contribution < 1.29 is 9.59 Å². The average molecular weight is 374 g/mol. The number of hydrogen-bond acceptors (Lipinski definition) is 3. The van der Waals surface area contributed by atoms with Crippen molar-refractivity contribution in [2.24, 2.45) is 5.73 Å². The Morgan fingerprint density at radius 1 is 1.04 bits per heavy atom. The number of piperidine rings is 1. The minimum atomic E-state index is -0.253. The van der Waals surface area contributed by atoms with Gasteiger partial charge in [0, 0.05) is 19.5 Å². The number of carbonyl (C=O) groups excluding carboxylic acids is 2. The summed E-state index contributed by atoms with van der Waals surface area (Å²) in [6.45, 7) is 4.32. The lowest BCUT2D eigenvalue weighted by Crippen LogP contribution is -2.52. The average Bonchev–Trinajstić information content (AvgIpc) is 2.61. The van der Waals surface area contributed by atoms with Gasteiger partial charge in [-0.25, -0.2) is 0 Å². The second-order valence-corrected chi connectivity index (χ2v) is 6.90. The highest BCUT2D eigenvalue weighted by atomic mass is 32.1. The van der Waals surface area contributed by atoms with E-state index in [1.165, 1.54) is 19.3 Å². The molecule has 0 radical (unpaired) electrons. The summed E-state index contributed by atoms with van der Waals surface area (Å²) in [7, 11) is 0. The molecule has 148 valence electrons. The zero-order chi connectivity index (χ0) is 17.6. The molecule has 1 atom stereocenters. The number of unbranched alkanes of at least 4 members (excludes halogenated alkanes) is 6. The molecule has 0 aromatic carbocycles. The number of nitrogens with one attached hydrogen (secondary N) is 1. The number of likely N-dealkylation sites (tertiary alicyclic amines) is 1. The van der Waals surface area contributed by atoms with Crippen LogP contribution in [0.1, 0.15) is 84.0 Å². The molecule has 0 saturated carbocycles. The van der Waals surface area contributed by atoms with Crippen molar-refractivity contribution in [2.45, 2.75) is 90.0 Å². The molecular formula is C19H39N3O2S. The Balaban J connectivity index is 0.00000576. The van der Waals surface area contributed by atoms with E-state index in [-0.39, 0.29) is 31.4 Å². The molecule has 3 N–H and O–H groups in total. The van der Waals surface area contributed by atoms with Crippen LogP contribution in [-0.2, 0) is 9.59 Å². The maximum atomic E-state index is 12.5. The fourth-order valence-corrected chi connectivity index (χ4v) is 3.30. The van der Waals surface area contributed by atoms with Gasteiger partial charge in [0.05, 0.1) is 0 Å². The van der Waals surface area contributed by atoms with Crippen molar-refractivity contribution in [3.63, 3.8) is 0 Å². The zero-order valence-corrected chi connectivity index (χ0v) is 17.0. The monoisotopic (exact) mass is 373 g/mol. The van der Waals surface area contributed by atoms with Crippen molar-refractivity contribution in [3.8, 4) is 0 Å². The van der Waals surface area contributed by atoms with Gasteiger partial charge < -0.3 is 16.0 Å². The van der Waals surface area contributed by atoms with E-state index in [1.807, 2.05) is 4.90 Å². The van der Waals surface area contributed by atoms with Gasteiger partial charge in [0.25, 0.3) is 0 Å². The Morgan fingerprint density at radius 2 is 1.76 bits per heavy atom. The molecule has 1 unspecified atom stereocenters. The van der Waals surface area contributed by atoms with Crippen molar-refractivity contribution in [3.05, 3.63) is 0 Å². The summed E-state index contributed by atoms with van der Waals surface area (Å²) in [6.07, 6.45) is 12.2. The van der Waals surface area contributed by atoms with Crippen molar-refractivity contribution >= 4 is 25.3 Å². The van der Waals surface area contributed by atoms with Crippen LogP contribution < -0.4 is 11.1 Å². The second kappa shape index (κ2) is 15.5. The smallest absolute Gasteiger partial charge is 0.242 e. The van der Waals surface area contributed by atoms with Gasteiger partial charge in [0.2, 0.25) is 11.8 Å². The first-order chi connectivity index (χ1) is 11.7. The molecule has 25 heavy (non-hydrogen) atoms. The van der Waals surface area contributed by atoms with Crippen LogP contribution in [0.5, 0.6) is 0 Å². The van der Waals surface area contributed by atoms with Crippen LogP contribution in [0.15, 0.2) is 0 Å². The predicted molar refractivity (Wildman–Crippen MR) is 109 cm³/mol. The minimum absolute atomic E-state index is 0. The molecule has 1 rings (SSSR count). The van der Waals surface area contributed by atoms with Gasteiger partial charge in [0.1, 0.15) is 6.04 Å². The summed E-state index contributed by atoms with van der Waals surface area (Å²) in [4.78, 5) is 26.8. The maximum absolute atomic E-state index is 12.5. The highest BCUT2D eigenvalue weighted by Crippen LogP contribution is 2.19. The molecule has 0 spiro atoms. The molecule has 0 aliphatic carbocycles. The van der Waals surface area contributed by atoms with Gasteiger partial charge >= 0.3 is 0 Å². The molecule has 0 bridgehead atoms. The Morgan fingerprint density at radius 3 is 2.48 bits per heavy atom. The molecule has 1 fully saturated rings. The SMILES string of the molecule is CCCCCCCC(=O)N1CCCCC1C(=O)NCCCCCN.S. The van der Waals surface area contributed by atoms with Crippen molar-refractivity contribution in [1.29, 1.82) is 0 Å². The first-order valence-electron chi connectivity index (χ1n) is 9.98. The van der Waals surface area contributed by atoms with E-state index in [9.17, 15) is 9.59 Å². The molecule has 1 saturated heterocycles. The fraction of sp³-hybridized carbons (Fsp3) is 0.895. The lowest BCUT2D eigenvalue weighted by Gasteiger charge is -2.35. The number of amides is 2. The predicted octanol–water partition coefficient (Wildman–Crippen LogP) is 3.09. The normalized spacial score (nSPS) is 17.0. The van der Waals surface area contributed by atoms with Crippen LogP contribution in [0, 0.1) is 0 Å². The quantitative estimate of drug-likeness (QED) is 0.516. The summed E-state index contributed by atoms with van der Waals surface area (Å²) in [5.74, 6) is 0.191. The molecule has 1 aliphatic heterocycles. The Hall–Kier alpha value is -0.750. The maximum Gasteiger partial charge on any atom is 0.242 e. The Kier molecular flexibility index (Phi) is 15.0. The number of nitrogens with two attached hydrogens (primary N) is 1. The van der Waals surface area contributed by atoms with E-state index in [2.05, 4.69) is 12.2 Å². The lowest BCUT2D eigenvalue weighted by atomic mass is 10.00. The molecule has 2 amide bonds.